The Morgan fingerprint density at radius 2 is 1.77 bits per heavy atom. The van der Waals surface area contributed by atoms with Gasteiger partial charge in [0.25, 0.3) is 5.91 Å². The average molecular weight is 566 g/mol. The van der Waals surface area contributed by atoms with Crippen LogP contribution in [0.5, 0.6) is 17.2 Å². The molecule has 2 N–H and O–H groups in total. The summed E-state index contributed by atoms with van der Waals surface area (Å²) >= 11 is 12.1. The van der Waals surface area contributed by atoms with Gasteiger partial charge in [-0.2, -0.15) is 10.1 Å². The molecule has 9 nitrogen and oxygen atoms in total. The quantitative estimate of drug-likeness (QED) is 0.266. The first-order valence-corrected chi connectivity index (χ1v) is 12.7. The zero-order chi connectivity index (χ0) is 27.5. The van der Waals surface area contributed by atoms with Crippen molar-refractivity contribution in [3.8, 4) is 17.2 Å². The van der Waals surface area contributed by atoms with Crippen LogP contribution < -0.4 is 24.8 Å². The average Bonchev–Trinajstić information content (AvgIpc) is 3.41. The van der Waals surface area contributed by atoms with E-state index in [-0.39, 0.29) is 5.91 Å². The van der Waals surface area contributed by atoms with Gasteiger partial charge in [0, 0.05) is 11.8 Å². The van der Waals surface area contributed by atoms with E-state index in [1.54, 1.807) is 42.1 Å². The fourth-order valence-electron chi connectivity index (χ4n) is 4.33. The highest BCUT2D eigenvalue weighted by atomic mass is 35.5. The zero-order valence-corrected chi connectivity index (χ0v) is 22.9. The number of fused-ring (bicyclic) bond motifs is 1. The first-order chi connectivity index (χ1) is 18.9. The summed E-state index contributed by atoms with van der Waals surface area (Å²) in [6.07, 6.45) is 1.45. The molecule has 0 fully saturated rings. The number of halogens is 2. The minimum absolute atomic E-state index is 0.311. The van der Waals surface area contributed by atoms with Crippen molar-refractivity contribution in [1.82, 2.24) is 14.8 Å². The first kappa shape index (κ1) is 26.4. The van der Waals surface area contributed by atoms with E-state index in [0.29, 0.717) is 56.8 Å². The van der Waals surface area contributed by atoms with Crippen LogP contribution in [0.2, 0.25) is 10.0 Å². The second-order valence-corrected chi connectivity index (χ2v) is 9.54. The van der Waals surface area contributed by atoms with Crippen molar-refractivity contribution in [1.29, 1.82) is 0 Å². The van der Waals surface area contributed by atoms with Crippen molar-refractivity contribution < 1.29 is 19.0 Å². The smallest absolute Gasteiger partial charge is 0.255 e. The summed E-state index contributed by atoms with van der Waals surface area (Å²) in [7, 11) is 3.10. The number of hydrogen-bond donors (Lipinski definition) is 2. The minimum Gasteiger partial charge on any atom is -0.497 e. The Balaban J connectivity index is 1.41. The highest BCUT2D eigenvalue weighted by Crippen LogP contribution is 2.37. The number of anilines is 2. The van der Waals surface area contributed by atoms with Crippen LogP contribution in [0.15, 0.2) is 78.3 Å². The number of nitrogens with one attached hydrogen (secondary N) is 2. The standard InChI is InChI=1S/C28H25Cl2N5O4/c1-16-25(27(36)34-23-11-9-20(37-2)13-24(23)38-3)26(35-28(33-16)31-15-32-35)18-5-7-19(8-6-18)39-14-17-4-10-21(29)22(30)12-17/h4-13,15,26H,14H2,1-3H3,(H,34,36)(H,31,32,33)/t26-/m1/s1. The number of carbonyl (C=O) groups is 1. The second kappa shape index (κ2) is 11.3. The number of rotatable bonds is 8. The first-order valence-electron chi connectivity index (χ1n) is 11.9. The van der Waals surface area contributed by atoms with Crippen LogP contribution in [-0.2, 0) is 11.4 Å². The number of ether oxygens (including phenoxy) is 3. The van der Waals surface area contributed by atoms with Gasteiger partial charge in [0.2, 0.25) is 5.95 Å². The molecule has 0 saturated heterocycles. The molecule has 4 aromatic rings. The number of hydrogen-bond acceptors (Lipinski definition) is 7. The molecule has 0 aliphatic carbocycles. The normalized spacial score (nSPS) is 14.3. The maximum atomic E-state index is 13.7. The number of amides is 1. The van der Waals surface area contributed by atoms with Crippen molar-refractivity contribution in [3.63, 3.8) is 0 Å². The van der Waals surface area contributed by atoms with Gasteiger partial charge in [0.15, 0.2) is 0 Å². The topological polar surface area (TPSA) is 99.5 Å². The molecular formula is C28H25Cl2N5O4. The van der Waals surface area contributed by atoms with Crippen molar-refractivity contribution in [2.75, 3.05) is 24.9 Å². The highest BCUT2D eigenvalue weighted by Gasteiger charge is 2.33. The van der Waals surface area contributed by atoms with Crippen LogP contribution >= 0.6 is 23.2 Å². The molecule has 200 valence electrons. The fourth-order valence-corrected chi connectivity index (χ4v) is 4.65. The molecule has 1 aliphatic heterocycles. The van der Waals surface area contributed by atoms with E-state index in [2.05, 4.69) is 20.7 Å². The van der Waals surface area contributed by atoms with Gasteiger partial charge in [0.1, 0.15) is 36.2 Å². The Morgan fingerprint density at radius 3 is 2.49 bits per heavy atom. The molecule has 1 aliphatic rings. The number of methoxy groups -OCH3 is 2. The predicted molar refractivity (Wildman–Crippen MR) is 150 cm³/mol. The van der Waals surface area contributed by atoms with E-state index in [0.717, 1.165) is 11.1 Å². The molecule has 2 heterocycles. The summed E-state index contributed by atoms with van der Waals surface area (Å²) in [5.74, 6) is 1.98. The number of aromatic nitrogens is 3. The number of allylic oxidation sites excluding steroid dienone is 1. The van der Waals surface area contributed by atoms with Gasteiger partial charge in [-0.1, -0.05) is 41.4 Å². The molecule has 11 heteroatoms. The van der Waals surface area contributed by atoms with Crippen LogP contribution in [0.4, 0.5) is 11.6 Å². The predicted octanol–water partition coefficient (Wildman–Crippen LogP) is 6.11. The van der Waals surface area contributed by atoms with Crippen molar-refractivity contribution >= 4 is 40.7 Å². The Morgan fingerprint density at radius 1 is 1.00 bits per heavy atom. The molecule has 0 saturated carbocycles. The van der Waals surface area contributed by atoms with E-state index in [9.17, 15) is 4.79 Å². The van der Waals surface area contributed by atoms with Gasteiger partial charge in [-0.05, 0) is 54.4 Å². The molecule has 3 aromatic carbocycles. The molecule has 0 spiro atoms. The van der Waals surface area contributed by atoms with Crippen LogP contribution in [0.25, 0.3) is 0 Å². The van der Waals surface area contributed by atoms with Crippen molar-refractivity contribution in [2.45, 2.75) is 19.6 Å². The lowest BCUT2D eigenvalue weighted by Crippen LogP contribution is -2.31. The lowest BCUT2D eigenvalue weighted by Gasteiger charge is -2.29. The van der Waals surface area contributed by atoms with Crippen LogP contribution in [-0.4, -0.2) is 34.9 Å². The van der Waals surface area contributed by atoms with E-state index >= 15 is 0 Å². The van der Waals surface area contributed by atoms with E-state index in [1.807, 2.05) is 37.3 Å². The summed E-state index contributed by atoms with van der Waals surface area (Å²) in [5.41, 5.74) is 3.38. The third kappa shape index (κ3) is 5.50. The van der Waals surface area contributed by atoms with Gasteiger partial charge >= 0.3 is 0 Å². The molecule has 0 unspecified atom stereocenters. The van der Waals surface area contributed by atoms with Gasteiger partial charge in [-0.25, -0.2) is 4.68 Å². The van der Waals surface area contributed by atoms with Crippen LogP contribution in [0.3, 0.4) is 0 Å². The van der Waals surface area contributed by atoms with Gasteiger partial charge in [-0.3, -0.25) is 4.79 Å². The third-order valence-corrected chi connectivity index (χ3v) is 7.02. The summed E-state index contributed by atoms with van der Waals surface area (Å²) in [5, 5.41) is 11.5. The van der Waals surface area contributed by atoms with Crippen molar-refractivity contribution in [2.24, 2.45) is 0 Å². The molecule has 1 amide bonds. The third-order valence-electron chi connectivity index (χ3n) is 6.28. The number of nitrogens with zero attached hydrogens (tertiary/aromatic N) is 3. The zero-order valence-electron chi connectivity index (χ0n) is 21.4. The molecule has 39 heavy (non-hydrogen) atoms. The molecule has 0 radical (unpaired) electrons. The van der Waals surface area contributed by atoms with Crippen molar-refractivity contribution in [3.05, 3.63) is 99.4 Å². The van der Waals surface area contributed by atoms with Gasteiger partial charge in [0.05, 0.1) is 35.5 Å². The number of carbonyl (C=O) groups excluding carboxylic acids is 1. The number of benzene rings is 3. The van der Waals surface area contributed by atoms with E-state index in [1.165, 1.54) is 13.4 Å². The minimum atomic E-state index is -0.530. The molecule has 0 bridgehead atoms. The molecule has 1 aromatic heterocycles. The van der Waals surface area contributed by atoms with Crippen LogP contribution in [0.1, 0.15) is 24.1 Å². The maximum Gasteiger partial charge on any atom is 0.255 e. The second-order valence-electron chi connectivity index (χ2n) is 8.72. The summed E-state index contributed by atoms with van der Waals surface area (Å²) in [6, 6.07) is 17.5. The van der Waals surface area contributed by atoms with Crippen LogP contribution in [0, 0.1) is 0 Å². The Kier molecular flexibility index (Phi) is 7.63. The van der Waals surface area contributed by atoms with E-state index < -0.39 is 6.04 Å². The lowest BCUT2D eigenvalue weighted by molar-refractivity contribution is -0.113. The Bertz CT molecular complexity index is 1550. The summed E-state index contributed by atoms with van der Waals surface area (Å²) in [6.45, 7) is 2.16. The molecule has 5 rings (SSSR count). The Hall–Kier alpha value is -4.21. The summed E-state index contributed by atoms with van der Waals surface area (Å²) in [4.78, 5) is 18.0. The fraction of sp³-hybridized carbons (Fsp3) is 0.179. The maximum absolute atomic E-state index is 13.7. The molecule has 1 atom stereocenters. The van der Waals surface area contributed by atoms with Gasteiger partial charge < -0.3 is 24.8 Å². The van der Waals surface area contributed by atoms with E-state index in [4.69, 9.17) is 37.4 Å². The SMILES string of the molecule is COc1ccc(NC(=O)C2=C(C)Nc3ncnn3[C@@H]2c2ccc(OCc3ccc(Cl)c(Cl)c3)cc2)c(OC)c1. The largest absolute Gasteiger partial charge is 0.497 e. The Labute approximate surface area is 235 Å². The molecular weight excluding hydrogens is 541 g/mol. The monoisotopic (exact) mass is 565 g/mol. The van der Waals surface area contributed by atoms with Gasteiger partial charge in [-0.15, -0.1) is 0 Å². The summed E-state index contributed by atoms with van der Waals surface area (Å²) < 4.78 is 18.3. The highest BCUT2D eigenvalue weighted by molar-refractivity contribution is 6.42. The lowest BCUT2D eigenvalue weighted by atomic mass is 9.95.